The summed E-state index contributed by atoms with van der Waals surface area (Å²) in [4.78, 5) is 11.3. The molecule has 0 spiro atoms. The number of aromatic nitrogens is 4. The van der Waals surface area contributed by atoms with Crippen molar-refractivity contribution in [2.24, 2.45) is 0 Å². The van der Waals surface area contributed by atoms with Gasteiger partial charge < -0.3 is 15.3 Å². The van der Waals surface area contributed by atoms with E-state index in [0.717, 1.165) is 53.8 Å². The van der Waals surface area contributed by atoms with Gasteiger partial charge in [-0.15, -0.1) is 0 Å². The van der Waals surface area contributed by atoms with Crippen molar-refractivity contribution in [1.29, 1.82) is 0 Å². The summed E-state index contributed by atoms with van der Waals surface area (Å²) in [7, 11) is 0. The average Bonchev–Trinajstić information content (AvgIpc) is 3.33. The fraction of sp³-hybridized carbons (Fsp3) is 0.500. The van der Waals surface area contributed by atoms with Gasteiger partial charge in [-0.05, 0) is 56.5 Å². The molecule has 0 saturated carbocycles. The van der Waals surface area contributed by atoms with Crippen LogP contribution in [0.25, 0.3) is 16.7 Å². The zero-order valence-electron chi connectivity index (χ0n) is 17.3. The summed E-state index contributed by atoms with van der Waals surface area (Å²) in [5.41, 5.74) is 3.07. The van der Waals surface area contributed by atoms with Crippen molar-refractivity contribution < 1.29 is 9.50 Å². The zero-order chi connectivity index (χ0) is 20.8. The third kappa shape index (κ3) is 3.44. The molecule has 2 aliphatic heterocycles. The van der Waals surface area contributed by atoms with E-state index in [9.17, 15) is 9.50 Å². The Balaban J connectivity index is 1.58. The molecule has 8 heteroatoms. The number of nitrogens with zero attached hydrogens (tertiary/aromatic N) is 5. The molecule has 2 saturated heterocycles. The molecule has 0 radical (unpaired) electrons. The maximum Gasteiger partial charge on any atom is 0.159 e. The van der Waals surface area contributed by atoms with Gasteiger partial charge in [-0.25, -0.2) is 19.0 Å². The van der Waals surface area contributed by atoms with E-state index in [2.05, 4.69) is 37.4 Å². The first-order chi connectivity index (χ1) is 14.5. The summed E-state index contributed by atoms with van der Waals surface area (Å²) < 4.78 is 16.5. The Labute approximate surface area is 174 Å². The second-order valence-corrected chi connectivity index (χ2v) is 8.46. The summed E-state index contributed by atoms with van der Waals surface area (Å²) in [6.45, 7) is 6.49. The highest BCUT2D eigenvalue weighted by Crippen LogP contribution is 2.33. The van der Waals surface area contributed by atoms with Crippen molar-refractivity contribution in [2.45, 2.75) is 44.9 Å². The van der Waals surface area contributed by atoms with Crippen LogP contribution in [0.1, 0.15) is 35.7 Å². The van der Waals surface area contributed by atoms with Crippen LogP contribution in [-0.2, 0) is 0 Å². The van der Waals surface area contributed by atoms with Gasteiger partial charge >= 0.3 is 0 Å². The number of fused-ring (bicyclic) bond motifs is 1. The first kappa shape index (κ1) is 19.4. The van der Waals surface area contributed by atoms with Crippen molar-refractivity contribution in [3.8, 4) is 5.82 Å². The molecular formula is C22H27FN6O. The molecule has 0 bridgehead atoms. The van der Waals surface area contributed by atoms with Crippen molar-refractivity contribution in [3.63, 3.8) is 0 Å². The van der Waals surface area contributed by atoms with Crippen LogP contribution in [-0.4, -0.2) is 63.3 Å². The Kier molecular flexibility index (Phi) is 4.91. The van der Waals surface area contributed by atoms with Gasteiger partial charge in [-0.3, -0.25) is 0 Å². The standard InChI is InChI=1S/C22H27FN6O/c1-13-7-15-10-25-29(20(15)8-18(13)17-3-5-24-11-19(17)23)22-9-21(26-14(2)27-22)28-6-4-16(30)12-28/h7-10,16-17,19,24,30H,3-6,11-12H2,1-2H3/t16-,17-,19-/m1/s1. The first-order valence-corrected chi connectivity index (χ1v) is 10.6. The minimum absolute atomic E-state index is 0.104. The number of hydrogen-bond acceptors (Lipinski definition) is 6. The Bertz CT molecular complexity index is 1080. The molecule has 1 aromatic carbocycles. The van der Waals surface area contributed by atoms with Gasteiger partial charge in [-0.1, -0.05) is 0 Å². The van der Waals surface area contributed by atoms with Crippen LogP contribution in [0.15, 0.2) is 24.4 Å². The van der Waals surface area contributed by atoms with E-state index < -0.39 is 6.17 Å². The van der Waals surface area contributed by atoms with Crippen molar-refractivity contribution in [1.82, 2.24) is 25.1 Å². The summed E-state index contributed by atoms with van der Waals surface area (Å²) in [5, 5.41) is 18.6. The van der Waals surface area contributed by atoms with Gasteiger partial charge in [0, 0.05) is 37.0 Å². The van der Waals surface area contributed by atoms with Crippen LogP contribution in [0.3, 0.4) is 0 Å². The molecule has 3 aromatic rings. The number of anilines is 1. The van der Waals surface area contributed by atoms with Crippen molar-refractivity contribution in [2.75, 3.05) is 31.1 Å². The fourth-order valence-electron chi connectivity index (χ4n) is 4.71. The Morgan fingerprint density at radius 1 is 1.13 bits per heavy atom. The number of aliphatic hydroxyl groups excluding tert-OH is 1. The Hall–Kier alpha value is -2.58. The molecule has 0 amide bonds. The Morgan fingerprint density at radius 2 is 1.97 bits per heavy atom. The van der Waals surface area contributed by atoms with E-state index in [1.165, 1.54) is 0 Å². The lowest BCUT2D eigenvalue weighted by molar-refractivity contribution is 0.198. The highest BCUT2D eigenvalue weighted by atomic mass is 19.1. The number of aryl methyl sites for hydroxylation is 2. The average molecular weight is 410 g/mol. The fourth-order valence-corrected chi connectivity index (χ4v) is 4.71. The first-order valence-electron chi connectivity index (χ1n) is 10.6. The molecule has 2 aliphatic rings. The SMILES string of the molecule is Cc1nc(N2CC[C@@H](O)C2)cc(-n2ncc3cc(C)c([C@H]4CCNC[C@H]4F)cc32)n1. The molecule has 158 valence electrons. The normalized spacial score (nSPS) is 24.7. The number of aliphatic hydroxyl groups is 1. The molecule has 7 nitrogen and oxygen atoms in total. The summed E-state index contributed by atoms with van der Waals surface area (Å²) >= 11 is 0. The van der Waals surface area contributed by atoms with Crippen LogP contribution in [0.2, 0.25) is 0 Å². The number of benzene rings is 1. The zero-order valence-corrected chi connectivity index (χ0v) is 17.3. The number of piperidine rings is 1. The van der Waals surface area contributed by atoms with Gasteiger partial charge in [-0.2, -0.15) is 5.10 Å². The molecular weight excluding hydrogens is 383 g/mol. The predicted octanol–water partition coefficient (Wildman–Crippen LogP) is 2.42. The van der Waals surface area contributed by atoms with Gasteiger partial charge in [0.05, 0.1) is 17.8 Å². The third-order valence-electron chi connectivity index (χ3n) is 6.28. The molecule has 3 atom stereocenters. The number of alkyl halides is 1. The topological polar surface area (TPSA) is 79.1 Å². The van der Waals surface area contributed by atoms with Crippen LogP contribution in [0, 0.1) is 13.8 Å². The van der Waals surface area contributed by atoms with E-state index in [4.69, 9.17) is 0 Å². The molecule has 0 unspecified atom stereocenters. The van der Waals surface area contributed by atoms with Crippen molar-refractivity contribution >= 4 is 16.7 Å². The number of nitrogens with one attached hydrogen (secondary N) is 1. The van der Waals surface area contributed by atoms with Gasteiger partial charge in [0.25, 0.3) is 0 Å². The van der Waals surface area contributed by atoms with E-state index in [0.29, 0.717) is 24.7 Å². The van der Waals surface area contributed by atoms with E-state index in [1.807, 2.05) is 30.8 Å². The maximum absolute atomic E-state index is 14.6. The highest BCUT2D eigenvalue weighted by Gasteiger charge is 2.28. The van der Waals surface area contributed by atoms with Crippen LogP contribution in [0.4, 0.5) is 10.2 Å². The number of β-amino-alcohol motifs (C(OH)–C–C–N with tert-alkyl or cyclic N) is 1. The minimum atomic E-state index is -0.888. The minimum Gasteiger partial charge on any atom is -0.391 e. The highest BCUT2D eigenvalue weighted by molar-refractivity contribution is 5.82. The Morgan fingerprint density at radius 3 is 2.73 bits per heavy atom. The predicted molar refractivity (Wildman–Crippen MR) is 114 cm³/mol. The number of halogens is 1. The quantitative estimate of drug-likeness (QED) is 0.691. The number of hydrogen-bond donors (Lipinski definition) is 2. The van der Waals surface area contributed by atoms with Gasteiger partial charge in [0.2, 0.25) is 0 Å². The second-order valence-electron chi connectivity index (χ2n) is 8.46. The number of rotatable bonds is 3. The second kappa shape index (κ2) is 7.59. The molecule has 2 aromatic heterocycles. The van der Waals surface area contributed by atoms with Crippen molar-refractivity contribution in [3.05, 3.63) is 41.3 Å². The van der Waals surface area contributed by atoms with Crippen LogP contribution in [0.5, 0.6) is 0 Å². The molecule has 5 rings (SSSR count). The third-order valence-corrected chi connectivity index (χ3v) is 6.28. The maximum atomic E-state index is 14.6. The summed E-state index contributed by atoms with van der Waals surface area (Å²) in [6.07, 6.45) is 2.15. The molecule has 30 heavy (non-hydrogen) atoms. The summed E-state index contributed by atoms with van der Waals surface area (Å²) in [5.74, 6) is 2.04. The van der Waals surface area contributed by atoms with Gasteiger partial charge in [0.15, 0.2) is 5.82 Å². The smallest absolute Gasteiger partial charge is 0.159 e. The molecule has 2 N–H and O–H groups in total. The largest absolute Gasteiger partial charge is 0.391 e. The van der Waals surface area contributed by atoms with Crippen LogP contribution < -0.4 is 10.2 Å². The van der Waals surface area contributed by atoms with Crippen LogP contribution >= 0.6 is 0 Å². The van der Waals surface area contributed by atoms with E-state index in [1.54, 1.807) is 0 Å². The van der Waals surface area contributed by atoms with Gasteiger partial charge in [0.1, 0.15) is 17.8 Å². The summed E-state index contributed by atoms with van der Waals surface area (Å²) in [6, 6.07) is 6.09. The molecule has 4 heterocycles. The lowest BCUT2D eigenvalue weighted by Gasteiger charge is -2.28. The monoisotopic (exact) mass is 410 g/mol. The molecule has 2 fully saturated rings. The lowest BCUT2D eigenvalue weighted by atomic mass is 9.85. The van der Waals surface area contributed by atoms with E-state index >= 15 is 0 Å². The van der Waals surface area contributed by atoms with E-state index in [-0.39, 0.29) is 12.0 Å². The molecule has 0 aliphatic carbocycles. The lowest BCUT2D eigenvalue weighted by Crippen LogP contribution is -2.36.